The van der Waals surface area contributed by atoms with E-state index in [0.717, 1.165) is 31.2 Å². The Morgan fingerprint density at radius 2 is 1.94 bits per heavy atom. The summed E-state index contributed by atoms with van der Waals surface area (Å²) in [6, 6.07) is 5.99. The highest BCUT2D eigenvalue weighted by Gasteiger charge is 2.69. The monoisotopic (exact) mass is 464 g/mol. The first-order chi connectivity index (χ1) is 15.7. The average molecular weight is 465 g/mol. The van der Waals surface area contributed by atoms with Gasteiger partial charge in [-0.05, 0) is 62.1 Å². The smallest absolute Gasteiger partial charge is 0.303 e. The number of benzene rings is 1. The molecule has 1 saturated carbocycles. The number of carboxylic acids is 1. The lowest BCUT2D eigenvalue weighted by Gasteiger charge is -2.60. The molecule has 8 heteroatoms. The van der Waals surface area contributed by atoms with E-state index in [2.05, 4.69) is 13.8 Å². The predicted molar refractivity (Wildman–Crippen MR) is 114 cm³/mol. The number of hydrogen-bond donors (Lipinski definition) is 1. The highest BCUT2D eigenvalue weighted by atomic mass is 19.1. The SMILES string of the molecule is C[C@@H]1CCC2[C@@H](C)[C@@H](O[C@H](CCC(=O)O)c3ccc(F)cc3)O[C@@H]3O[C@]4(C)CC[C@@H]1[C@@]23OO4. The van der Waals surface area contributed by atoms with Gasteiger partial charge in [-0.3, -0.25) is 4.79 Å². The molecule has 9 atom stereocenters. The molecular formula is C25H33FO7. The lowest BCUT2D eigenvalue weighted by atomic mass is 9.58. The molecule has 0 amide bonds. The van der Waals surface area contributed by atoms with E-state index in [-0.39, 0.29) is 36.4 Å². The highest BCUT2D eigenvalue weighted by molar-refractivity contribution is 5.66. The van der Waals surface area contributed by atoms with Crippen LogP contribution in [0, 0.1) is 29.5 Å². The van der Waals surface area contributed by atoms with Crippen molar-refractivity contribution in [1.82, 2.24) is 0 Å². The Bertz CT molecular complexity index is 878. The predicted octanol–water partition coefficient (Wildman–Crippen LogP) is 4.96. The molecule has 1 aliphatic carbocycles. The lowest BCUT2D eigenvalue weighted by Crippen LogP contribution is -2.70. The fourth-order valence-electron chi connectivity index (χ4n) is 6.43. The summed E-state index contributed by atoms with van der Waals surface area (Å²) in [7, 11) is 0. The largest absolute Gasteiger partial charge is 0.481 e. The summed E-state index contributed by atoms with van der Waals surface area (Å²) < 4.78 is 32.8. The minimum absolute atomic E-state index is 0.0290. The van der Waals surface area contributed by atoms with Crippen LogP contribution in [0.5, 0.6) is 0 Å². The Balaban J connectivity index is 1.43. The summed E-state index contributed by atoms with van der Waals surface area (Å²) in [6.45, 7) is 6.23. The van der Waals surface area contributed by atoms with E-state index in [0.29, 0.717) is 5.92 Å². The molecule has 182 valence electrons. The van der Waals surface area contributed by atoms with Gasteiger partial charge in [0.1, 0.15) is 5.82 Å². The van der Waals surface area contributed by atoms with Crippen molar-refractivity contribution in [3.05, 3.63) is 35.6 Å². The molecule has 0 radical (unpaired) electrons. The Labute approximate surface area is 193 Å². The molecule has 6 rings (SSSR count). The Kier molecular flexibility index (Phi) is 6.02. The first-order valence-electron chi connectivity index (χ1n) is 12.0. The Hall–Kier alpha value is -1.58. The van der Waals surface area contributed by atoms with Crippen molar-refractivity contribution in [2.45, 2.75) is 89.4 Å². The second kappa shape index (κ2) is 8.57. The molecule has 33 heavy (non-hydrogen) atoms. The minimum Gasteiger partial charge on any atom is -0.481 e. The summed E-state index contributed by atoms with van der Waals surface area (Å²) in [5.74, 6) is -1.33. The number of aliphatic carboxylic acids is 1. The molecular weight excluding hydrogens is 431 g/mol. The first kappa shape index (κ1) is 23.2. The summed E-state index contributed by atoms with van der Waals surface area (Å²) in [4.78, 5) is 23.3. The van der Waals surface area contributed by atoms with Crippen LogP contribution in [0.1, 0.15) is 71.0 Å². The van der Waals surface area contributed by atoms with Crippen molar-refractivity contribution >= 4 is 5.97 Å². The average Bonchev–Trinajstić information content (AvgIpc) is 3.01. The summed E-state index contributed by atoms with van der Waals surface area (Å²) >= 11 is 0. The highest BCUT2D eigenvalue weighted by Crippen LogP contribution is 2.60. The molecule has 4 aliphatic heterocycles. The number of carbonyl (C=O) groups is 1. The van der Waals surface area contributed by atoms with Gasteiger partial charge in [0, 0.05) is 24.7 Å². The van der Waals surface area contributed by atoms with E-state index in [1.54, 1.807) is 12.1 Å². The van der Waals surface area contributed by atoms with Gasteiger partial charge in [-0.25, -0.2) is 14.2 Å². The second-order valence-corrected chi connectivity index (χ2v) is 10.4. The topological polar surface area (TPSA) is 83.5 Å². The molecule has 7 nitrogen and oxygen atoms in total. The summed E-state index contributed by atoms with van der Waals surface area (Å²) in [5, 5.41) is 9.24. The fourth-order valence-corrected chi connectivity index (χ4v) is 6.43. The summed E-state index contributed by atoms with van der Waals surface area (Å²) in [5.41, 5.74) is 0.0399. The van der Waals surface area contributed by atoms with Gasteiger partial charge in [0.2, 0.25) is 5.79 Å². The number of rotatable bonds is 6. The molecule has 4 saturated heterocycles. The van der Waals surface area contributed by atoms with E-state index in [1.165, 1.54) is 12.1 Å². The Morgan fingerprint density at radius 3 is 2.67 bits per heavy atom. The molecule has 0 aromatic heterocycles. The van der Waals surface area contributed by atoms with Crippen molar-refractivity contribution in [2.75, 3.05) is 0 Å². The maximum Gasteiger partial charge on any atom is 0.303 e. The van der Waals surface area contributed by atoms with Crippen molar-refractivity contribution in [1.29, 1.82) is 0 Å². The van der Waals surface area contributed by atoms with Crippen LogP contribution in [-0.4, -0.2) is 35.0 Å². The number of fused-ring (bicyclic) bond motifs is 2. The van der Waals surface area contributed by atoms with Crippen molar-refractivity contribution < 1.29 is 38.3 Å². The maximum atomic E-state index is 13.5. The van der Waals surface area contributed by atoms with Crippen LogP contribution in [0.4, 0.5) is 4.39 Å². The number of hydrogen-bond acceptors (Lipinski definition) is 6. The molecule has 4 heterocycles. The van der Waals surface area contributed by atoms with E-state index in [4.69, 9.17) is 24.0 Å². The standard InChI is InChI=1S/C25H33FO7/c1-14-4-9-19-15(2)22(29-20(10-11-21(27)28)16-5-7-17(26)8-6-16)30-23-25(19)18(14)12-13-24(3,31-23)32-33-25/h5-8,14-15,18-20,22-23H,4,9-13H2,1-3H3,(H,27,28)/t14-,15-,18+,19?,20-,22+,23-,24+,25-/m1/s1. The molecule has 5 aliphatic rings. The van der Waals surface area contributed by atoms with E-state index >= 15 is 0 Å². The minimum atomic E-state index is -0.908. The normalized spacial score (nSPS) is 42.9. The summed E-state index contributed by atoms with van der Waals surface area (Å²) in [6.07, 6.45) is 2.10. The molecule has 1 N–H and O–H groups in total. The van der Waals surface area contributed by atoms with Crippen LogP contribution >= 0.6 is 0 Å². The molecule has 1 spiro atoms. The Morgan fingerprint density at radius 1 is 1.18 bits per heavy atom. The maximum absolute atomic E-state index is 13.5. The third kappa shape index (κ3) is 4.00. The van der Waals surface area contributed by atoms with Gasteiger partial charge in [-0.15, -0.1) is 0 Å². The van der Waals surface area contributed by atoms with Crippen LogP contribution in [0.2, 0.25) is 0 Å². The second-order valence-electron chi connectivity index (χ2n) is 10.4. The van der Waals surface area contributed by atoms with Gasteiger partial charge in [-0.1, -0.05) is 26.0 Å². The quantitative estimate of drug-likeness (QED) is 0.596. The van der Waals surface area contributed by atoms with E-state index in [1.807, 2.05) is 6.92 Å². The zero-order valence-corrected chi connectivity index (χ0v) is 19.4. The van der Waals surface area contributed by atoms with Gasteiger partial charge < -0.3 is 19.3 Å². The molecule has 1 aromatic rings. The van der Waals surface area contributed by atoms with Gasteiger partial charge in [-0.2, -0.15) is 0 Å². The number of carboxylic acid groups (broad SMARTS) is 1. The lowest BCUT2D eigenvalue weighted by molar-refractivity contribution is -0.578. The molecule has 2 bridgehead atoms. The van der Waals surface area contributed by atoms with Crippen molar-refractivity contribution in [3.63, 3.8) is 0 Å². The van der Waals surface area contributed by atoms with Crippen molar-refractivity contribution in [2.24, 2.45) is 23.7 Å². The molecule has 1 unspecified atom stereocenters. The number of halogens is 1. The van der Waals surface area contributed by atoms with Gasteiger partial charge >= 0.3 is 5.97 Å². The third-order valence-electron chi connectivity index (χ3n) is 8.26. The fraction of sp³-hybridized carbons (Fsp3) is 0.720. The zero-order chi connectivity index (χ0) is 23.4. The van der Waals surface area contributed by atoms with E-state index in [9.17, 15) is 14.3 Å². The molecule has 5 fully saturated rings. The molecule has 1 aromatic carbocycles. The van der Waals surface area contributed by atoms with Crippen LogP contribution in [-0.2, 0) is 28.8 Å². The van der Waals surface area contributed by atoms with Gasteiger partial charge in [0.15, 0.2) is 18.2 Å². The number of ether oxygens (including phenoxy) is 3. The van der Waals surface area contributed by atoms with Crippen molar-refractivity contribution in [3.8, 4) is 0 Å². The first-order valence-corrected chi connectivity index (χ1v) is 12.0. The van der Waals surface area contributed by atoms with Crippen LogP contribution < -0.4 is 0 Å². The van der Waals surface area contributed by atoms with Gasteiger partial charge in [0.05, 0.1) is 6.10 Å². The van der Waals surface area contributed by atoms with Crippen LogP contribution in [0.3, 0.4) is 0 Å². The third-order valence-corrected chi connectivity index (χ3v) is 8.26. The van der Waals surface area contributed by atoms with Crippen LogP contribution in [0.15, 0.2) is 24.3 Å². The van der Waals surface area contributed by atoms with E-state index < -0.39 is 36.0 Å². The van der Waals surface area contributed by atoms with Crippen LogP contribution in [0.25, 0.3) is 0 Å². The zero-order valence-electron chi connectivity index (χ0n) is 19.4. The van der Waals surface area contributed by atoms with Gasteiger partial charge in [0.25, 0.3) is 0 Å².